The van der Waals surface area contributed by atoms with Crippen molar-refractivity contribution in [2.75, 3.05) is 12.4 Å². The Morgan fingerprint density at radius 3 is 2.52 bits per heavy atom. The Hall–Kier alpha value is -2.80. The topological polar surface area (TPSA) is 69.0 Å². The zero-order valence-corrected chi connectivity index (χ0v) is 16.4. The lowest BCUT2D eigenvalue weighted by Crippen LogP contribution is -2.23. The number of rotatable bonds is 7. The second kappa shape index (κ2) is 8.73. The molecule has 140 valence electrons. The van der Waals surface area contributed by atoms with Crippen LogP contribution in [0.5, 0.6) is 5.75 Å². The van der Waals surface area contributed by atoms with Gasteiger partial charge in [-0.05, 0) is 43.7 Å². The zero-order chi connectivity index (χ0) is 19.2. The highest BCUT2D eigenvalue weighted by molar-refractivity contribution is 8.00. The number of hydrogen-bond donors (Lipinski definition) is 1. The number of nitrogens with zero attached hydrogens (tertiary/aromatic N) is 3. The van der Waals surface area contributed by atoms with Crippen LogP contribution in [0.25, 0.3) is 0 Å². The lowest BCUT2D eigenvalue weighted by Gasteiger charge is -2.13. The Bertz CT molecular complexity index is 894. The Morgan fingerprint density at radius 2 is 1.85 bits per heavy atom. The third kappa shape index (κ3) is 4.89. The fourth-order valence-electron chi connectivity index (χ4n) is 2.53. The first-order chi connectivity index (χ1) is 13.1. The molecule has 1 unspecified atom stereocenters. The standard InChI is InChI=1S/C20H22N4O2S/c1-14(19(25)21-17-9-11-18(26-3)12-10-17)27-20-23-22-15(2)24(20)13-16-7-5-4-6-8-16/h4-12,14H,13H2,1-3H3,(H,21,25). The normalized spacial score (nSPS) is 11.8. The van der Waals surface area contributed by atoms with Crippen LogP contribution in [0.3, 0.4) is 0 Å². The molecule has 1 heterocycles. The first-order valence-electron chi connectivity index (χ1n) is 8.62. The number of carbonyl (C=O) groups is 1. The Kier molecular flexibility index (Phi) is 6.13. The maximum Gasteiger partial charge on any atom is 0.237 e. The van der Waals surface area contributed by atoms with Gasteiger partial charge < -0.3 is 14.6 Å². The van der Waals surface area contributed by atoms with Gasteiger partial charge in [-0.2, -0.15) is 0 Å². The summed E-state index contributed by atoms with van der Waals surface area (Å²) >= 11 is 1.40. The molecular weight excluding hydrogens is 360 g/mol. The van der Waals surface area contributed by atoms with Gasteiger partial charge >= 0.3 is 0 Å². The lowest BCUT2D eigenvalue weighted by molar-refractivity contribution is -0.115. The molecule has 0 aliphatic rings. The fourth-order valence-corrected chi connectivity index (χ4v) is 3.42. The monoisotopic (exact) mass is 382 g/mol. The second-order valence-corrected chi connectivity index (χ2v) is 7.39. The Balaban J connectivity index is 1.66. The van der Waals surface area contributed by atoms with E-state index in [2.05, 4.69) is 27.6 Å². The molecule has 3 aromatic rings. The molecule has 7 heteroatoms. The summed E-state index contributed by atoms with van der Waals surface area (Å²) in [6.07, 6.45) is 0. The fraction of sp³-hybridized carbons (Fsp3) is 0.250. The molecule has 0 spiro atoms. The third-order valence-electron chi connectivity index (χ3n) is 4.09. The molecule has 1 atom stereocenters. The number of hydrogen-bond acceptors (Lipinski definition) is 5. The van der Waals surface area contributed by atoms with Crippen LogP contribution in [0.2, 0.25) is 0 Å². The van der Waals surface area contributed by atoms with Crippen molar-refractivity contribution in [1.82, 2.24) is 14.8 Å². The predicted octanol–water partition coefficient (Wildman–Crippen LogP) is 3.76. The molecule has 3 rings (SSSR count). The first-order valence-corrected chi connectivity index (χ1v) is 9.50. The molecule has 0 bridgehead atoms. The molecule has 1 aromatic heterocycles. The van der Waals surface area contributed by atoms with E-state index in [1.54, 1.807) is 7.11 Å². The van der Waals surface area contributed by atoms with Crippen LogP contribution < -0.4 is 10.1 Å². The largest absolute Gasteiger partial charge is 0.497 e. The molecule has 0 aliphatic carbocycles. The van der Waals surface area contributed by atoms with E-state index in [0.29, 0.717) is 6.54 Å². The minimum absolute atomic E-state index is 0.0860. The average Bonchev–Trinajstić information content (AvgIpc) is 3.02. The summed E-state index contributed by atoms with van der Waals surface area (Å²) in [6, 6.07) is 17.4. The number of carbonyl (C=O) groups excluding carboxylic acids is 1. The van der Waals surface area contributed by atoms with Crippen LogP contribution in [-0.2, 0) is 11.3 Å². The highest BCUT2D eigenvalue weighted by Crippen LogP contribution is 2.24. The van der Waals surface area contributed by atoms with Gasteiger partial charge in [0.2, 0.25) is 5.91 Å². The van der Waals surface area contributed by atoms with Crippen molar-refractivity contribution in [3.63, 3.8) is 0 Å². The minimum atomic E-state index is -0.315. The molecule has 2 aromatic carbocycles. The summed E-state index contributed by atoms with van der Waals surface area (Å²) in [5.74, 6) is 1.49. The van der Waals surface area contributed by atoms with Crippen molar-refractivity contribution in [1.29, 1.82) is 0 Å². The molecule has 6 nitrogen and oxygen atoms in total. The molecule has 27 heavy (non-hydrogen) atoms. The van der Waals surface area contributed by atoms with Gasteiger partial charge in [0.25, 0.3) is 0 Å². The number of methoxy groups -OCH3 is 1. The van der Waals surface area contributed by atoms with E-state index in [9.17, 15) is 4.79 Å². The molecular formula is C20H22N4O2S. The average molecular weight is 382 g/mol. The van der Waals surface area contributed by atoms with Gasteiger partial charge in [0.15, 0.2) is 5.16 Å². The minimum Gasteiger partial charge on any atom is -0.497 e. The second-order valence-electron chi connectivity index (χ2n) is 6.08. The van der Waals surface area contributed by atoms with Crippen molar-refractivity contribution < 1.29 is 9.53 Å². The van der Waals surface area contributed by atoms with E-state index in [-0.39, 0.29) is 11.2 Å². The summed E-state index contributed by atoms with van der Waals surface area (Å²) in [6.45, 7) is 4.46. The van der Waals surface area contributed by atoms with Gasteiger partial charge in [0.1, 0.15) is 11.6 Å². The summed E-state index contributed by atoms with van der Waals surface area (Å²) < 4.78 is 7.16. The van der Waals surface area contributed by atoms with Crippen molar-refractivity contribution in [2.24, 2.45) is 0 Å². The summed E-state index contributed by atoms with van der Waals surface area (Å²) in [4.78, 5) is 12.5. The van der Waals surface area contributed by atoms with Crippen molar-refractivity contribution in [2.45, 2.75) is 30.8 Å². The molecule has 0 saturated heterocycles. The highest BCUT2D eigenvalue weighted by Gasteiger charge is 2.19. The van der Waals surface area contributed by atoms with Gasteiger partial charge in [-0.25, -0.2) is 0 Å². The molecule has 0 saturated carbocycles. The third-order valence-corrected chi connectivity index (χ3v) is 5.17. The number of thioether (sulfide) groups is 1. The SMILES string of the molecule is COc1ccc(NC(=O)C(C)Sc2nnc(C)n2Cc2ccccc2)cc1. The van der Waals surface area contributed by atoms with E-state index >= 15 is 0 Å². The highest BCUT2D eigenvalue weighted by atomic mass is 32.2. The number of aryl methyl sites for hydroxylation is 1. The predicted molar refractivity (Wildman–Crippen MR) is 107 cm³/mol. The number of anilines is 1. The summed E-state index contributed by atoms with van der Waals surface area (Å²) in [5, 5.41) is 11.8. The summed E-state index contributed by atoms with van der Waals surface area (Å²) in [7, 11) is 1.61. The van der Waals surface area contributed by atoms with E-state index in [1.165, 1.54) is 11.8 Å². The van der Waals surface area contributed by atoms with Crippen LogP contribution in [0.1, 0.15) is 18.3 Å². The first kappa shape index (κ1) is 19.0. The maximum atomic E-state index is 12.5. The number of amides is 1. The molecule has 1 amide bonds. The van der Waals surface area contributed by atoms with Crippen molar-refractivity contribution >= 4 is 23.4 Å². The van der Waals surface area contributed by atoms with Crippen LogP contribution in [-0.4, -0.2) is 33.0 Å². The van der Waals surface area contributed by atoms with Crippen molar-refractivity contribution in [3.8, 4) is 5.75 Å². The maximum absolute atomic E-state index is 12.5. The van der Waals surface area contributed by atoms with E-state index in [4.69, 9.17) is 4.74 Å². The van der Waals surface area contributed by atoms with Gasteiger partial charge in [-0.15, -0.1) is 10.2 Å². The van der Waals surface area contributed by atoms with Crippen LogP contribution in [0.4, 0.5) is 5.69 Å². The van der Waals surface area contributed by atoms with E-state index in [1.807, 2.05) is 60.9 Å². The van der Waals surface area contributed by atoms with E-state index in [0.717, 1.165) is 28.0 Å². The summed E-state index contributed by atoms with van der Waals surface area (Å²) in [5.41, 5.74) is 1.90. The number of ether oxygens (including phenoxy) is 1. The number of aromatic nitrogens is 3. The molecule has 0 aliphatic heterocycles. The van der Waals surface area contributed by atoms with Gasteiger partial charge in [-0.1, -0.05) is 42.1 Å². The van der Waals surface area contributed by atoms with Crippen molar-refractivity contribution in [3.05, 3.63) is 66.0 Å². The Morgan fingerprint density at radius 1 is 1.15 bits per heavy atom. The van der Waals surface area contributed by atoms with Gasteiger partial charge in [0.05, 0.1) is 18.9 Å². The molecule has 1 N–H and O–H groups in total. The molecule has 0 fully saturated rings. The lowest BCUT2D eigenvalue weighted by atomic mass is 10.2. The van der Waals surface area contributed by atoms with Crippen LogP contribution in [0, 0.1) is 6.92 Å². The smallest absolute Gasteiger partial charge is 0.237 e. The number of benzene rings is 2. The van der Waals surface area contributed by atoms with E-state index < -0.39 is 0 Å². The quantitative estimate of drug-likeness (QED) is 0.630. The Labute approximate surface area is 163 Å². The van der Waals surface area contributed by atoms with Gasteiger partial charge in [-0.3, -0.25) is 4.79 Å². The molecule has 0 radical (unpaired) electrons. The zero-order valence-electron chi connectivity index (χ0n) is 15.5. The van der Waals surface area contributed by atoms with Crippen LogP contribution >= 0.6 is 11.8 Å². The van der Waals surface area contributed by atoms with Crippen LogP contribution in [0.15, 0.2) is 59.8 Å². The van der Waals surface area contributed by atoms with Gasteiger partial charge in [0, 0.05) is 5.69 Å². The number of nitrogens with one attached hydrogen (secondary N) is 1.